The van der Waals surface area contributed by atoms with Gasteiger partial charge in [-0.2, -0.15) is 0 Å². The number of ether oxygens (including phenoxy) is 1. The number of carbonyl (C=O) groups excluding carboxylic acids is 2. The molecule has 1 aliphatic rings. The number of rotatable bonds is 10. The number of carbonyl (C=O) groups is 2. The number of aliphatic hydroxyl groups is 2. The fraction of sp³-hybridized carbons (Fsp3) is 0.233. The van der Waals surface area contributed by atoms with E-state index in [0.29, 0.717) is 28.4 Å². The molecule has 1 aromatic heterocycles. The number of imide groups is 1. The average Bonchev–Trinajstić information content (AvgIpc) is 3.57. The highest BCUT2D eigenvalue weighted by molar-refractivity contribution is 14.1. The number of imidazole rings is 1. The number of aromatic amines is 1. The third-order valence-corrected chi connectivity index (χ3v) is 7.68. The van der Waals surface area contributed by atoms with E-state index >= 15 is 0 Å². The van der Waals surface area contributed by atoms with Gasteiger partial charge in [-0.3, -0.25) is 9.69 Å². The molecule has 4 aromatic rings. The molecule has 5 rings (SSSR count). The van der Waals surface area contributed by atoms with Crippen molar-refractivity contribution in [3.05, 3.63) is 105 Å². The van der Waals surface area contributed by atoms with E-state index in [0.717, 1.165) is 9.13 Å². The highest BCUT2D eigenvalue weighted by Gasteiger charge is 2.46. The van der Waals surface area contributed by atoms with Crippen molar-refractivity contribution in [2.24, 2.45) is 0 Å². The fourth-order valence-corrected chi connectivity index (χ4v) is 5.29. The lowest BCUT2D eigenvalue weighted by molar-refractivity contribution is -0.129. The van der Waals surface area contributed by atoms with Crippen LogP contribution < -0.4 is 10.1 Å². The molecule has 3 aromatic carbocycles. The third-order valence-electron chi connectivity index (χ3n) is 7.01. The van der Waals surface area contributed by atoms with E-state index in [1.165, 1.54) is 17.2 Å². The maximum atomic E-state index is 14.8. The molecule has 4 atom stereocenters. The van der Waals surface area contributed by atoms with Crippen LogP contribution in [0.3, 0.4) is 0 Å². The van der Waals surface area contributed by atoms with Crippen LogP contribution in [0, 0.1) is 9.39 Å². The average molecular weight is 670 g/mol. The Morgan fingerprint density at radius 3 is 2.51 bits per heavy atom. The molecule has 2 heterocycles. The molecule has 1 saturated heterocycles. The lowest BCUT2D eigenvalue weighted by Gasteiger charge is -2.29. The first kappa shape index (κ1) is 28.7. The molecule has 1 fully saturated rings. The number of amides is 3. The Bertz CT molecular complexity index is 1530. The Kier molecular flexibility index (Phi) is 8.66. The number of urea groups is 1. The summed E-state index contributed by atoms with van der Waals surface area (Å²) in [6, 6.07) is 18.6. The van der Waals surface area contributed by atoms with Crippen molar-refractivity contribution < 1.29 is 28.9 Å². The zero-order chi connectivity index (χ0) is 29.1. The Labute approximate surface area is 249 Å². The maximum Gasteiger partial charge on any atom is 0.325 e. The molecule has 0 aliphatic carbocycles. The third kappa shape index (κ3) is 6.11. The first-order chi connectivity index (χ1) is 19.8. The molecule has 3 amide bonds. The number of aromatic nitrogens is 2. The van der Waals surface area contributed by atoms with Gasteiger partial charge in [-0.05, 0) is 64.0 Å². The van der Waals surface area contributed by atoms with Crippen LogP contribution in [0.2, 0.25) is 0 Å². The molecule has 9 nitrogen and oxygen atoms in total. The van der Waals surface area contributed by atoms with Gasteiger partial charge in [-0.25, -0.2) is 14.2 Å². The van der Waals surface area contributed by atoms with Crippen LogP contribution in [0.4, 0.5) is 9.18 Å². The molecule has 0 saturated carbocycles. The predicted octanol–water partition coefficient (Wildman–Crippen LogP) is 4.69. The van der Waals surface area contributed by atoms with E-state index in [4.69, 9.17) is 9.84 Å². The van der Waals surface area contributed by atoms with Gasteiger partial charge in [0.25, 0.3) is 5.91 Å². The quantitative estimate of drug-likeness (QED) is 0.143. The number of halogens is 2. The van der Waals surface area contributed by atoms with Crippen LogP contribution in [-0.2, 0) is 4.79 Å². The second-order valence-electron chi connectivity index (χ2n) is 9.76. The summed E-state index contributed by atoms with van der Waals surface area (Å²) >= 11 is 2.04. The van der Waals surface area contributed by atoms with Gasteiger partial charge in [0, 0.05) is 15.1 Å². The summed E-state index contributed by atoms with van der Waals surface area (Å²) in [4.78, 5) is 36.1. The van der Waals surface area contributed by atoms with E-state index in [1.807, 2.05) is 59.8 Å². The smallest absolute Gasteiger partial charge is 0.325 e. The molecule has 212 valence electrons. The van der Waals surface area contributed by atoms with Crippen molar-refractivity contribution in [1.29, 1.82) is 0 Å². The van der Waals surface area contributed by atoms with Crippen LogP contribution in [0.1, 0.15) is 41.9 Å². The molecule has 4 N–H and O–H groups in total. The number of nitrogens with one attached hydrogen (secondary N) is 2. The summed E-state index contributed by atoms with van der Waals surface area (Å²) in [5.74, 6) is -0.418. The van der Waals surface area contributed by atoms with Gasteiger partial charge in [0.05, 0.1) is 18.5 Å². The topological polar surface area (TPSA) is 128 Å². The molecule has 11 heteroatoms. The number of H-pyrrole nitrogens is 1. The van der Waals surface area contributed by atoms with Crippen LogP contribution in [0.15, 0.2) is 79.0 Å². The van der Waals surface area contributed by atoms with E-state index in [-0.39, 0.29) is 12.5 Å². The summed E-state index contributed by atoms with van der Waals surface area (Å²) in [5, 5.41) is 21.2. The predicted molar refractivity (Wildman–Crippen MR) is 157 cm³/mol. The molecule has 0 spiro atoms. The number of nitrogens with zero attached hydrogens (tertiary/aromatic N) is 2. The first-order valence-electron chi connectivity index (χ1n) is 13.0. The van der Waals surface area contributed by atoms with Gasteiger partial charge in [0.1, 0.15) is 42.2 Å². The van der Waals surface area contributed by atoms with Gasteiger partial charge in [-0.1, -0.05) is 49.4 Å². The molecule has 0 radical (unpaired) electrons. The Morgan fingerprint density at radius 1 is 1.10 bits per heavy atom. The highest BCUT2D eigenvalue weighted by atomic mass is 127. The van der Waals surface area contributed by atoms with Crippen LogP contribution in [0.25, 0.3) is 11.3 Å². The van der Waals surface area contributed by atoms with Crippen LogP contribution >= 0.6 is 22.6 Å². The molecule has 41 heavy (non-hydrogen) atoms. The molecule has 1 unspecified atom stereocenters. The molecular weight excluding hydrogens is 642 g/mol. The van der Waals surface area contributed by atoms with E-state index < -0.39 is 42.6 Å². The second kappa shape index (κ2) is 12.4. The van der Waals surface area contributed by atoms with Crippen molar-refractivity contribution >= 4 is 34.5 Å². The van der Waals surface area contributed by atoms with Crippen molar-refractivity contribution in [3.8, 4) is 17.0 Å². The Hall–Kier alpha value is -3.81. The minimum absolute atomic E-state index is 0.0843. The largest absolute Gasteiger partial charge is 0.491 e. The van der Waals surface area contributed by atoms with E-state index in [1.54, 1.807) is 36.4 Å². The Morgan fingerprint density at radius 2 is 1.83 bits per heavy atom. The normalized spacial score (nSPS) is 17.3. The molecular formula is C30H28FIN4O5. The van der Waals surface area contributed by atoms with Gasteiger partial charge in [0.2, 0.25) is 0 Å². The van der Waals surface area contributed by atoms with E-state index in [2.05, 4.69) is 15.3 Å². The number of benzene rings is 3. The summed E-state index contributed by atoms with van der Waals surface area (Å²) in [6.07, 6.45) is 0.500. The summed E-state index contributed by atoms with van der Waals surface area (Å²) in [6.45, 7) is 1.41. The van der Waals surface area contributed by atoms with Crippen molar-refractivity contribution in [2.45, 2.75) is 31.0 Å². The lowest BCUT2D eigenvalue weighted by Crippen LogP contribution is -2.38. The summed E-state index contributed by atoms with van der Waals surface area (Å²) in [7, 11) is 0. The fourth-order valence-electron chi connectivity index (χ4n) is 4.84. The number of aliphatic hydroxyl groups excluding tert-OH is 2. The second-order valence-corrected chi connectivity index (χ2v) is 11.0. The zero-order valence-corrected chi connectivity index (χ0v) is 24.2. The van der Waals surface area contributed by atoms with E-state index in [9.17, 15) is 19.1 Å². The van der Waals surface area contributed by atoms with Crippen molar-refractivity contribution in [3.63, 3.8) is 0 Å². The van der Waals surface area contributed by atoms with Gasteiger partial charge >= 0.3 is 6.03 Å². The molecule has 1 aliphatic heterocycles. The summed E-state index contributed by atoms with van der Waals surface area (Å²) in [5.41, 5.74) is 2.21. The highest BCUT2D eigenvalue weighted by Crippen LogP contribution is 2.39. The SMILES string of the molecule is C[C@@H](c1ccccc1)C(c1ncc(-c2ccc(I)cc2F)[nH]1)N1C(=O)N[C@H](c2ccc(OC[C@H](O)CO)cc2)C1=O. The Balaban J connectivity index is 1.46. The number of hydrogen-bond acceptors (Lipinski definition) is 6. The first-order valence-corrected chi connectivity index (χ1v) is 14.0. The van der Waals surface area contributed by atoms with Gasteiger partial charge in [0.15, 0.2) is 0 Å². The van der Waals surface area contributed by atoms with Gasteiger partial charge in [-0.15, -0.1) is 0 Å². The minimum atomic E-state index is -1.01. The number of hydrogen-bond donors (Lipinski definition) is 4. The van der Waals surface area contributed by atoms with Crippen molar-refractivity contribution in [2.75, 3.05) is 13.2 Å². The molecule has 0 bridgehead atoms. The van der Waals surface area contributed by atoms with Crippen molar-refractivity contribution in [1.82, 2.24) is 20.2 Å². The minimum Gasteiger partial charge on any atom is -0.491 e. The van der Waals surface area contributed by atoms with Crippen LogP contribution in [-0.4, -0.2) is 56.3 Å². The lowest BCUT2D eigenvalue weighted by atomic mass is 9.91. The maximum absolute atomic E-state index is 14.8. The van der Waals surface area contributed by atoms with Crippen LogP contribution in [0.5, 0.6) is 5.75 Å². The zero-order valence-electron chi connectivity index (χ0n) is 22.0. The standard InChI is InChI=1S/C30H28FIN4O5/c1-17(18-5-3-2-4-6-18)27(28-33-14-25(34-28)23-12-9-20(32)13-24(23)31)36-29(39)26(35-30(36)40)19-7-10-22(11-8-19)41-16-21(38)15-37/h2-14,17,21,26-27,37-38H,15-16H2,1H3,(H,33,34)(H,35,40)/t17-,21+,26+,27?/m0/s1. The monoisotopic (exact) mass is 670 g/mol. The summed E-state index contributed by atoms with van der Waals surface area (Å²) < 4.78 is 21.0. The van der Waals surface area contributed by atoms with Gasteiger partial charge < -0.3 is 25.3 Å².